The number of hydrogen-bond donors (Lipinski definition) is 1. The molecular formula is C12H22N2O3. The zero-order valence-corrected chi connectivity index (χ0v) is 10.6. The first-order valence-electron chi connectivity index (χ1n) is 6.16. The minimum absolute atomic E-state index is 0.0790. The maximum absolute atomic E-state index is 11.7. The number of morpholine rings is 1. The summed E-state index contributed by atoms with van der Waals surface area (Å²) < 4.78 is 5.21. The maximum Gasteiger partial charge on any atom is 0.234 e. The van der Waals surface area contributed by atoms with E-state index in [1.807, 2.05) is 18.7 Å². The van der Waals surface area contributed by atoms with E-state index in [1.165, 1.54) is 0 Å². The van der Waals surface area contributed by atoms with Gasteiger partial charge in [0.1, 0.15) is 6.29 Å². The summed E-state index contributed by atoms with van der Waals surface area (Å²) in [5.41, 5.74) is 0. The first-order chi connectivity index (χ1) is 8.11. The van der Waals surface area contributed by atoms with Crippen LogP contribution in [0.4, 0.5) is 0 Å². The van der Waals surface area contributed by atoms with Gasteiger partial charge in [-0.25, -0.2) is 0 Å². The zero-order chi connectivity index (χ0) is 12.7. The number of carbonyl (C=O) groups excluding carboxylic acids is 2. The smallest absolute Gasteiger partial charge is 0.234 e. The molecule has 0 saturated carbocycles. The van der Waals surface area contributed by atoms with E-state index in [2.05, 4.69) is 5.32 Å². The first kappa shape index (κ1) is 14.1. The Morgan fingerprint density at radius 2 is 2.06 bits per heavy atom. The second kappa shape index (κ2) is 7.40. The lowest BCUT2D eigenvalue weighted by Gasteiger charge is -2.26. The SMILES string of the molecule is CC(C)C[C@@H](C=O)NC(=O)CN1CCOCC1. The van der Waals surface area contributed by atoms with E-state index in [1.54, 1.807) is 0 Å². The Morgan fingerprint density at radius 3 is 2.59 bits per heavy atom. The maximum atomic E-state index is 11.7. The molecule has 1 N–H and O–H groups in total. The summed E-state index contributed by atoms with van der Waals surface area (Å²) in [5, 5.41) is 2.76. The Morgan fingerprint density at radius 1 is 1.41 bits per heavy atom. The van der Waals surface area contributed by atoms with Crippen molar-refractivity contribution in [2.75, 3.05) is 32.8 Å². The fourth-order valence-corrected chi connectivity index (χ4v) is 1.87. The molecule has 0 aliphatic carbocycles. The van der Waals surface area contributed by atoms with Crippen molar-refractivity contribution in [1.29, 1.82) is 0 Å². The molecule has 0 spiro atoms. The molecule has 17 heavy (non-hydrogen) atoms. The molecule has 98 valence electrons. The summed E-state index contributed by atoms with van der Waals surface area (Å²) in [7, 11) is 0. The second-order valence-corrected chi connectivity index (χ2v) is 4.83. The predicted octanol–water partition coefficient (Wildman–Crippen LogP) is 0.0484. The molecule has 1 atom stereocenters. The zero-order valence-electron chi connectivity index (χ0n) is 10.6. The molecule has 1 aliphatic heterocycles. The van der Waals surface area contributed by atoms with Crippen LogP contribution in [-0.4, -0.2) is 56.0 Å². The van der Waals surface area contributed by atoms with Crippen LogP contribution in [0.5, 0.6) is 0 Å². The summed E-state index contributed by atoms with van der Waals surface area (Å²) in [6.45, 7) is 7.33. The molecule has 0 aromatic rings. The lowest BCUT2D eigenvalue weighted by atomic mass is 10.1. The summed E-state index contributed by atoms with van der Waals surface area (Å²) in [4.78, 5) is 24.6. The van der Waals surface area contributed by atoms with E-state index in [-0.39, 0.29) is 11.9 Å². The molecule has 5 heteroatoms. The summed E-state index contributed by atoms with van der Waals surface area (Å²) in [5.74, 6) is 0.318. The van der Waals surface area contributed by atoms with Crippen molar-refractivity contribution in [1.82, 2.24) is 10.2 Å². The van der Waals surface area contributed by atoms with Crippen molar-refractivity contribution < 1.29 is 14.3 Å². The van der Waals surface area contributed by atoms with E-state index in [9.17, 15) is 9.59 Å². The van der Waals surface area contributed by atoms with Crippen molar-refractivity contribution in [2.45, 2.75) is 26.3 Å². The van der Waals surface area contributed by atoms with Crippen LogP contribution in [0.25, 0.3) is 0 Å². The third kappa shape index (κ3) is 5.79. The largest absolute Gasteiger partial charge is 0.379 e. The van der Waals surface area contributed by atoms with Crippen molar-refractivity contribution in [2.24, 2.45) is 5.92 Å². The molecular weight excluding hydrogens is 220 g/mol. The van der Waals surface area contributed by atoms with Gasteiger partial charge in [-0.2, -0.15) is 0 Å². The topological polar surface area (TPSA) is 58.6 Å². The van der Waals surface area contributed by atoms with Crippen LogP contribution in [0.1, 0.15) is 20.3 Å². The Kier molecular flexibility index (Phi) is 6.15. The van der Waals surface area contributed by atoms with Gasteiger partial charge >= 0.3 is 0 Å². The van der Waals surface area contributed by atoms with Crippen LogP contribution < -0.4 is 5.32 Å². The van der Waals surface area contributed by atoms with Crippen LogP contribution >= 0.6 is 0 Å². The Bertz CT molecular complexity index is 250. The van der Waals surface area contributed by atoms with E-state index in [4.69, 9.17) is 4.74 Å². The van der Waals surface area contributed by atoms with Crippen molar-refractivity contribution in [3.63, 3.8) is 0 Å². The first-order valence-corrected chi connectivity index (χ1v) is 6.16. The molecule has 1 heterocycles. The number of carbonyl (C=O) groups is 2. The monoisotopic (exact) mass is 242 g/mol. The lowest BCUT2D eigenvalue weighted by molar-refractivity contribution is -0.126. The van der Waals surface area contributed by atoms with E-state index < -0.39 is 0 Å². The third-order valence-electron chi connectivity index (χ3n) is 2.71. The number of hydrogen-bond acceptors (Lipinski definition) is 4. The molecule has 0 bridgehead atoms. The number of amides is 1. The number of ether oxygens (including phenoxy) is 1. The Labute approximate surface area is 102 Å². The minimum atomic E-state index is -0.358. The van der Waals surface area contributed by atoms with Crippen molar-refractivity contribution in [3.8, 4) is 0 Å². The minimum Gasteiger partial charge on any atom is -0.379 e. The van der Waals surface area contributed by atoms with Gasteiger partial charge in [-0.1, -0.05) is 13.8 Å². The van der Waals surface area contributed by atoms with Gasteiger partial charge in [0.15, 0.2) is 0 Å². The molecule has 5 nitrogen and oxygen atoms in total. The molecule has 0 radical (unpaired) electrons. The molecule has 1 saturated heterocycles. The molecule has 1 fully saturated rings. The summed E-state index contributed by atoms with van der Waals surface area (Å²) >= 11 is 0. The number of nitrogens with zero attached hydrogens (tertiary/aromatic N) is 1. The second-order valence-electron chi connectivity index (χ2n) is 4.83. The standard InChI is InChI=1S/C12H22N2O3/c1-10(2)7-11(9-15)13-12(16)8-14-3-5-17-6-4-14/h9-11H,3-8H2,1-2H3,(H,13,16)/t11-/m0/s1. The van der Waals surface area contributed by atoms with Gasteiger partial charge in [-0.05, 0) is 12.3 Å². The van der Waals surface area contributed by atoms with Gasteiger partial charge < -0.3 is 14.8 Å². The van der Waals surface area contributed by atoms with Gasteiger partial charge in [0.2, 0.25) is 5.91 Å². The fourth-order valence-electron chi connectivity index (χ4n) is 1.87. The van der Waals surface area contributed by atoms with E-state index in [0.717, 1.165) is 19.4 Å². The highest BCUT2D eigenvalue weighted by molar-refractivity contribution is 5.81. The summed E-state index contributed by atoms with van der Waals surface area (Å²) in [6, 6.07) is -0.358. The molecule has 1 rings (SSSR count). The Balaban J connectivity index is 2.28. The predicted molar refractivity (Wildman–Crippen MR) is 64.7 cm³/mol. The third-order valence-corrected chi connectivity index (χ3v) is 2.71. The Hall–Kier alpha value is -0.940. The van der Waals surface area contributed by atoms with Gasteiger partial charge in [0.05, 0.1) is 25.8 Å². The highest BCUT2D eigenvalue weighted by Gasteiger charge is 2.17. The number of aldehydes is 1. The van der Waals surface area contributed by atoms with Crippen molar-refractivity contribution in [3.05, 3.63) is 0 Å². The average molecular weight is 242 g/mol. The number of rotatable bonds is 6. The van der Waals surface area contributed by atoms with Crippen LogP contribution in [0.3, 0.4) is 0 Å². The average Bonchev–Trinajstić information content (AvgIpc) is 2.28. The molecule has 0 aromatic carbocycles. The highest BCUT2D eigenvalue weighted by atomic mass is 16.5. The lowest BCUT2D eigenvalue weighted by Crippen LogP contribution is -2.46. The van der Waals surface area contributed by atoms with E-state index in [0.29, 0.717) is 32.1 Å². The van der Waals surface area contributed by atoms with Crippen LogP contribution in [0.2, 0.25) is 0 Å². The van der Waals surface area contributed by atoms with Crippen LogP contribution in [-0.2, 0) is 14.3 Å². The van der Waals surface area contributed by atoms with Gasteiger partial charge in [-0.15, -0.1) is 0 Å². The van der Waals surface area contributed by atoms with Gasteiger partial charge in [-0.3, -0.25) is 9.69 Å². The highest BCUT2D eigenvalue weighted by Crippen LogP contribution is 2.03. The summed E-state index contributed by atoms with van der Waals surface area (Å²) in [6.07, 6.45) is 1.51. The number of nitrogens with one attached hydrogen (secondary N) is 1. The molecule has 1 amide bonds. The van der Waals surface area contributed by atoms with Gasteiger partial charge in [0.25, 0.3) is 0 Å². The van der Waals surface area contributed by atoms with E-state index >= 15 is 0 Å². The quantitative estimate of drug-likeness (QED) is 0.669. The van der Waals surface area contributed by atoms with Crippen LogP contribution in [0.15, 0.2) is 0 Å². The van der Waals surface area contributed by atoms with Crippen molar-refractivity contribution >= 4 is 12.2 Å². The van der Waals surface area contributed by atoms with Gasteiger partial charge in [0, 0.05) is 13.1 Å². The fraction of sp³-hybridized carbons (Fsp3) is 0.833. The molecule has 0 aromatic heterocycles. The molecule has 0 unspecified atom stereocenters. The molecule has 1 aliphatic rings. The normalized spacial score (nSPS) is 19.0. The van der Waals surface area contributed by atoms with Crippen LogP contribution in [0, 0.1) is 5.92 Å².